The van der Waals surface area contributed by atoms with Crippen LogP contribution < -0.4 is 5.32 Å². The minimum Gasteiger partial charge on any atom is -0.507 e. The minimum atomic E-state index is -0.629. The van der Waals surface area contributed by atoms with Crippen LogP contribution in [0, 0.1) is 0 Å². The minimum absolute atomic E-state index is 0.184. The summed E-state index contributed by atoms with van der Waals surface area (Å²) in [6.45, 7) is 0. The standard InChI is InChI=1S/C11H9N3O3/c15-8-2-1-3-9(16)10(8)11(17)14-7-4-12-6-13-5-7/h1-6,15-16H,(H,14,17). The fourth-order valence-electron chi connectivity index (χ4n) is 1.32. The summed E-state index contributed by atoms with van der Waals surface area (Å²) in [4.78, 5) is 19.2. The second-order valence-corrected chi connectivity index (χ2v) is 3.25. The molecule has 1 amide bonds. The molecule has 3 N–H and O–H groups in total. The van der Waals surface area contributed by atoms with Crippen LogP contribution in [0.4, 0.5) is 5.69 Å². The number of anilines is 1. The Morgan fingerprint density at radius 2 is 1.71 bits per heavy atom. The summed E-state index contributed by atoms with van der Waals surface area (Å²) in [6, 6.07) is 4.07. The zero-order chi connectivity index (χ0) is 12.3. The first-order chi connectivity index (χ1) is 8.18. The molecule has 0 spiro atoms. The number of phenolic OH excluding ortho intramolecular Hbond substituents is 2. The van der Waals surface area contributed by atoms with Crippen LogP contribution in [0.1, 0.15) is 10.4 Å². The van der Waals surface area contributed by atoms with E-state index in [1.54, 1.807) is 0 Å². The number of amides is 1. The lowest BCUT2D eigenvalue weighted by Gasteiger charge is -2.07. The van der Waals surface area contributed by atoms with E-state index in [1.165, 1.54) is 36.9 Å². The number of carbonyl (C=O) groups is 1. The average molecular weight is 231 g/mol. The highest BCUT2D eigenvalue weighted by molar-refractivity contribution is 6.07. The molecule has 0 bridgehead atoms. The molecule has 6 heteroatoms. The molecule has 2 aromatic rings. The van der Waals surface area contributed by atoms with Crippen LogP contribution in [-0.2, 0) is 0 Å². The van der Waals surface area contributed by atoms with Crippen molar-refractivity contribution in [2.75, 3.05) is 5.32 Å². The zero-order valence-corrected chi connectivity index (χ0v) is 8.66. The SMILES string of the molecule is O=C(Nc1cncnc1)c1c(O)cccc1O. The van der Waals surface area contributed by atoms with Gasteiger partial charge in [0.05, 0.1) is 18.1 Å². The van der Waals surface area contributed by atoms with Gasteiger partial charge in [0, 0.05) is 0 Å². The van der Waals surface area contributed by atoms with Gasteiger partial charge in [-0.25, -0.2) is 9.97 Å². The second kappa shape index (κ2) is 4.48. The first kappa shape index (κ1) is 10.9. The van der Waals surface area contributed by atoms with Crippen LogP contribution in [0.25, 0.3) is 0 Å². The quantitative estimate of drug-likeness (QED) is 0.720. The van der Waals surface area contributed by atoms with E-state index in [1.807, 2.05) is 0 Å². The Balaban J connectivity index is 2.27. The summed E-state index contributed by atoms with van der Waals surface area (Å²) < 4.78 is 0. The third-order valence-electron chi connectivity index (χ3n) is 2.07. The number of aromatic nitrogens is 2. The monoisotopic (exact) mass is 231 g/mol. The van der Waals surface area contributed by atoms with Gasteiger partial charge in [0.1, 0.15) is 23.4 Å². The van der Waals surface area contributed by atoms with E-state index in [0.717, 1.165) is 0 Å². The summed E-state index contributed by atoms with van der Waals surface area (Å²) in [7, 11) is 0. The number of carbonyl (C=O) groups excluding carboxylic acids is 1. The molecule has 0 unspecified atom stereocenters. The van der Waals surface area contributed by atoms with E-state index < -0.39 is 5.91 Å². The lowest BCUT2D eigenvalue weighted by atomic mass is 10.1. The number of nitrogens with one attached hydrogen (secondary N) is 1. The molecule has 1 heterocycles. The summed E-state index contributed by atoms with van der Waals surface area (Å²) >= 11 is 0. The van der Waals surface area contributed by atoms with Gasteiger partial charge in [0.25, 0.3) is 5.91 Å². The Hall–Kier alpha value is -2.63. The highest BCUT2D eigenvalue weighted by Gasteiger charge is 2.15. The smallest absolute Gasteiger partial charge is 0.263 e. The molecule has 0 aliphatic heterocycles. The van der Waals surface area contributed by atoms with Crippen LogP contribution in [0.3, 0.4) is 0 Å². The summed E-state index contributed by atoms with van der Waals surface area (Å²) in [5, 5.41) is 21.4. The molecular weight excluding hydrogens is 222 g/mol. The van der Waals surface area contributed by atoms with Gasteiger partial charge in [-0.2, -0.15) is 0 Å². The van der Waals surface area contributed by atoms with Crippen molar-refractivity contribution in [1.29, 1.82) is 0 Å². The van der Waals surface area contributed by atoms with Gasteiger partial charge in [-0.15, -0.1) is 0 Å². The van der Waals surface area contributed by atoms with E-state index in [-0.39, 0.29) is 17.1 Å². The first-order valence-corrected chi connectivity index (χ1v) is 4.76. The molecule has 0 radical (unpaired) electrons. The van der Waals surface area contributed by atoms with Crippen molar-refractivity contribution >= 4 is 11.6 Å². The molecule has 0 aliphatic carbocycles. The molecule has 1 aromatic carbocycles. The highest BCUT2D eigenvalue weighted by atomic mass is 16.3. The zero-order valence-electron chi connectivity index (χ0n) is 8.66. The van der Waals surface area contributed by atoms with Crippen LogP contribution in [-0.4, -0.2) is 26.1 Å². The fraction of sp³-hybridized carbons (Fsp3) is 0. The molecule has 0 fully saturated rings. The second-order valence-electron chi connectivity index (χ2n) is 3.25. The Kier molecular flexibility index (Phi) is 2.87. The molecule has 17 heavy (non-hydrogen) atoms. The normalized spacial score (nSPS) is 9.88. The fourth-order valence-corrected chi connectivity index (χ4v) is 1.32. The maximum Gasteiger partial charge on any atom is 0.263 e. The number of rotatable bonds is 2. The third kappa shape index (κ3) is 2.31. The largest absolute Gasteiger partial charge is 0.507 e. The van der Waals surface area contributed by atoms with Crippen molar-refractivity contribution in [2.24, 2.45) is 0 Å². The van der Waals surface area contributed by atoms with Crippen LogP contribution in [0.5, 0.6) is 11.5 Å². The molecule has 0 aliphatic rings. The lowest BCUT2D eigenvalue weighted by molar-refractivity contribution is 0.102. The maximum absolute atomic E-state index is 11.8. The van der Waals surface area contributed by atoms with E-state index >= 15 is 0 Å². The lowest BCUT2D eigenvalue weighted by Crippen LogP contribution is -2.12. The number of benzene rings is 1. The predicted octanol–water partition coefficient (Wildman–Crippen LogP) is 1.14. The van der Waals surface area contributed by atoms with Crippen LogP contribution in [0.2, 0.25) is 0 Å². The number of hydrogen-bond donors (Lipinski definition) is 3. The molecule has 6 nitrogen and oxygen atoms in total. The van der Waals surface area contributed by atoms with Crippen LogP contribution in [0.15, 0.2) is 36.9 Å². The molecule has 1 aromatic heterocycles. The molecule has 0 saturated carbocycles. The van der Waals surface area contributed by atoms with Gasteiger partial charge in [0.2, 0.25) is 0 Å². The summed E-state index contributed by atoms with van der Waals surface area (Å²) in [5.74, 6) is -1.21. The summed E-state index contributed by atoms with van der Waals surface area (Å²) in [5.41, 5.74) is 0.191. The van der Waals surface area contributed by atoms with E-state index in [4.69, 9.17) is 0 Å². The summed E-state index contributed by atoms with van der Waals surface area (Å²) in [6.07, 6.45) is 4.14. The molecule has 2 rings (SSSR count). The van der Waals surface area contributed by atoms with Gasteiger partial charge in [-0.3, -0.25) is 4.79 Å². The molecule has 86 valence electrons. The van der Waals surface area contributed by atoms with Crippen molar-refractivity contribution in [1.82, 2.24) is 9.97 Å². The number of phenols is 2. The number of nitrogens with zero attached hydrogens (tertiary/aromatic N) is 2. The molecular formula is C11H9N3O3. The Morgan fingerprint density at radius 3 is 2.29 bits per heavy atom. The van der Waals surface area contributed by atoms with Crippen molar-refractivity contribution in [3.63, 3.8) is 0 Å². The highest BCUT2D eigenvalue weighted by Crippen LogP contribution is 2.26. The van der Waals surface area contributed by atoms with Crippen molar-refractivity contribution in [3.8, 4) is 11.5 Å². The van der Waals surface area contributed by atoms with Crippen molar-refractivity contribution < 1.29 is 15.0 Å². The van der Waals surface area contributed by atoms with Crippen LogP contribution >= 0.6 is 0 Å². The first-order valence-electron chi connectivity index (χ1n) is 4.76. The number of aromatic hydroxyl groups is 2. The topological polar surface area (TPSA) is 95.3 Å². The van der Waals surface area contributed by atoms with E-state index in [9.17, 15) is 15.0 Å². The van der Waals surface area contributed by atoms with E-state index in [2.05, 4.69) is 15.3 Å². The Labute approximate surface area is 96.6 Å². The van der Waals surface area contributed by atoms with E-state index in [0.29, 0.717) is 5.69 Å². The Bertz CT molecular complexity index is 523. The Morgan fingerprint density at radius 1 is 1.12 bits per heavy atom. The maximum atomic E-state index is 11.8. The van der Waals surface area contributed by atoms with Gasteiger partial charge < -0.3 is 15.5 Å². The van der Waals surface area contributed by atoms with Crippen molar-refractivity contribution in [3.05, 3.63) is 42.5 Å². The predicted molar refractivity (Wildman–Crippen MR) is 59.8 cm³/mol. The van der Waals surface area contributed by atoms with Crippen molar-refractivity contribution in [2.45, 2.75) is 0 Å². The molecule has 0 atom stereocenters. The molecule has 0 saturated heterocycles. The third-order valence-corrected chi connectivity index (χ3v) is 2.07. The van der Waals surface area contributed by atoms with Gasteiger partial charge in [-0.1, -0.05) is 6.07 Å². The number of hydrogen-bond acceptors (Lipinski definition) is 5. The van der Waals surface area contributed by atoms with Gasteiger partial charge in [-0.05, 0) is 12.1 Å². The average Bonchev–Trinajstić information content (AvgIpc) is 2.30. The van der Waals surface area contributed by atoms with Gasteiger partial charge in [0.15, 0.2) is 0 Å². The van der Waals surface area contributed by atoms with Gasteiger partial charge >= 0.3 is 0 Å².